The van der Waals surface area contributed by atoms with Crippen LogP contribution in [0.3, 0.4) is 0 Å². The molecule has 3 heteroatoms. The number of hydrogen-bond acceptors (Lipinski definition) is 2. The Labute approximate surface area is 135 Å². The van der Waals surface area contributed by atoms with Gasteiger partial charge in [0.25, 0.3) is 0 Å². The van der Waals surface area contributed by atoms with Crippen LogP contribution in [0.15, 0.2) is 59.1 Å². The molecule has 110 valence electrons. The van der Waals surface area contributed by atoms with Gasteiger partial charge in [-0.05, 0) is 23.6 Å². The summed E-state index contributed by atoms with van der Waals surface area (Å²) in [6.07, 6.45) is 1.23. The lowest BCUT2D eigenvalue weighted by molar-refractivity contribution is 0.320. The van der Waals surface area contributed by atoms with Crippen molar-refractivity contribution in [3.05, 3.63) is 70.2 Å². The molecule has 2 nitrogen and oxygen atoms in total. The largest absolute Gasteiger partial charge is 0.309 e. The molecule has 1 unspecified atom stereocenters. The molecule has 1 aliphatic rings. The standard InChI is InChI=1S/C18H21BrN2/c19-18-9-5-4-8-16(18)12-20-17-10-11-21(14-17)13-15-6-2-1-3-7-15/h1-9,17,20H,10-14H2. The highest BCUT2D eigenvalue weighted by Gasteiger charge is 2.21. The number of nitrogens with one attached hydrogen (secondary N) is 1. The van der Waals surface area contributed by atoms with Crippen LogP contribution in [0.5, 0.6) is 0 Å². The van der Waals surface area contributed by atoms with E-state index in [-0.39, 0.29) is 0 Å². The maximum atomic E-state index is 3.68. The Morgan fingerprint density at radius 3 is 2.62 bits per heavy atom. The molecule has 0 bridgehead atoms. The lowest BCUT2D eigenvalue weighted by Crippen LogP contribution is -2.32. The first-order chi connectivity index (χ1) is 10.3. The lowest BCUT2D eigenvalue weighted by Gasteiger charge is -2.17. The quantitative estimate of drug-likeness (QED) is 0.886. The van der Waals surface area contributed by atoms with Gasteiger partial charge in [-0.15, -0.1) is 0 Å². The van der Waals surface area contributed by atoms with E-state index in [1.54, 1.807) is 0 Å². The monoisotopic (exact) mass is 344 g/mol. The van der Waals surface area contributed by atoms with Gasteiger partial charge in [-0.25, -0.2) is 0 Å². The highest BCUT2D eigenvalue weighted by Crippen LogP contribution is 2.17. The molecule has 1 heterocycles. The zero-order valence-corrected chi connectivity index (χ0v) is 13.7. The number of hydrogen-bond donors (Lipinski definition) is 1. The van der Waals surface area contributed by atoms with Crippen LogP contribution in [-0.2, 0) is 13.1 Å². The average Bonchev–Trinajstić information content (AvgIpc) is 2.95. The SMILES string of the molecule is Brc1ccccc1CNC1CCN(Cc2ccccc2)C1. The van der Waals surface area contributed by atoms with Gasteiger partial charge in [0.1, 0.15) is 0 Å². The Hall–Kier alpha value is -1.16. The van der Waals surface area contributed by atoms with Gasteiger partial charge in [-0.1, -0.05) is 64.5 Å². The Kier molecular flexibility index (Phi) is 5.07. The van der Waals surface area contributed by atoms with Crippen molar-refractivity contribution in [3.8, 4) is 0 Å². The van der Waals surface area contributed by atoms with Crippen LogP contribution in [0.2, 0.25) is 0 Å². The van der Waals surface area contributed by atoms with Crippen LogP contribution in [0, 0.1) is 0 Å². The smallest absolute Gasteiger partial charge is 0.0234 e. The van der Waals surface area contributed by atoms with E-state index in [4.69, 9.17) is 0 Å². The van der Waals surface area contributed by atoms with Crippen LogP contribution in [0.25, 0.3) is 0 Å². The Morgan fingerprint density at radius 2 is 1.81 bits per heavy atom. The predicted octanol–water partition coefficient (Wildman–Crippen LogP) is 3.81. The minimum Gasteiger partial charge on any atom is -0.309 e. The van der Waals surface area contributed by atoms with Gasteiger partial charge in [0.2, 0.25) is 0 Å². The van der Waals surface area contributed by atoms with Gasteiger partial charge < -0.3 is 5.32 Å². The van der Waals surface area contributed by atoms with E-state index in [0.717, 1.165) is 19.6 Å². The summed E-state index contributed by atoms with van der Waals surface area (Å²) in [5.74, 6) is 0. The Balaban J connectivity index is 1.48. The Morgan fingerprint density at radius 1 is 1.05 bits per heavy atom. The summed E-state index contributed by atoms with van der Waals surface area (Å²) >= 11 is 3.61. The van der Waals surface area contributed by atoms with Crippen molar-refractivity contribution in [2.24, 2.45) is 0 Å². The highest BCUT2D eigenvalue weighted by molar-refractivity contribution is 9.10. The molecule has 1 saturated heterocycles. The van der Waals surface area contributed by atoms with Crippen LogP contribution >= 0.6 is 15.9 Å². The topological polar surface area (TPSA) is 15.3 Å². The molecule has 2 aromatic rings. The third-order valence-electron chi connectivity index (χ3n) is 4.06. The second kappa shape index (κ2) is 7.21. The van der Waals surface area contributed by atoms with Crippen LogP contribution < -0.4 is 5.32 Å². The molecule has 1 fully saturated rings. The van der Waals surface area contributed by atoms with E-state index in [9.17, 15) is 0 Å². The molecule has 1 aliphatic heterocycles. The molecular formula is C18H21BrN2. The molecule has 0 amide bonds. The molecule has 0 aromatic heterocycles. The van der Waals surface area contributed by atoms with E-state index in [1.807, 2.05) is 0 Å². The van der Waals surface area contributed by atoms with E-state index < -0.39 is 0 Å². The summed E-state index contributed by atoms with van der Waals surface area (Å²) in [7, 11) is 0. The van der Waals surface area contributed by atoms with E-state index >= 15 is 0 Å². The van der Waals surface area contributed by atoms with E-state index in [0.29, 0.717) is 6.04 Å². The second-order valence-corrected chi connectivity index (χ2v) is 6.53. The summed E-state index contributed by atoms with van der Waals surface area (Å²) in [6, 6.07) is 19.8. The number of halogens is 1. The van der Waals surface area contributed by atoms with Gasteiger partial charge in [-0.3, -0.25) is 4.90 Å². The van der Waals surface area contributed by atoms with Crippen LogP contribution in [0.1, 0.15) is 17.5 Å². The number of rotatable bonds is 5. The summed E-state index contributed by atoms with van der Waals surface area (Å²) in [4.78, 5) is 2.53. The number of likely N-dealkylation sites (tertiary alicyclic amines) is 1. The van der Waals surface area contributed by atoms with Crippen molar-refractivity contribution in [2.75, 3.05) is 13.1 Å². The molecular weight excluding hydrogens is 324 g/mol. The summed E-state index contributed by atoms with van der Waals surface area (Å²) < 4.78 is 1.19. The van der Waals surface area contributed by atoms with Crippen molar-refractivity contribution >= 4 is 15.9 Å². The average molecular weight is 345 g/mol. The molecule has 0 saturated carbocycles. The van der Waals surface area contributed by atoms with Crippen molar-refractivity contribution in [3.63, 3.8) is 0 Å². The Bertz CT molecular complexity index is 570. The summed E-state index contributed by atoms with van der Waals surface area (Å²) in [6.45, 7) is 4.32. The van der Waals surface area contributed by atoms with Crippen molar-refractivity contribution in [2.45, 2.75) is 25.6 Å². The lowest BCUT2D eigenvalue weighted by atomic mass is 10.2. The molecule has 3 rings (SSSR count). The van der Waals surface area contributed by atoms with Gasteiger partial charge in [0.05, 0.1) is 0 Å². The first kappa shape index (κ1) is 14.8. The summed E-state index contributed by atoms with van der Waals surface area (Å²) in [5.41, 5.74) is 2.74. The highest BCUT2D eigenvalue weighted by atomic mass is 79.9. The number of benzene rings is 2. The molecule has 1 N–H and O–H groups in total. The third-order valence-corrected chi connectivity index (χ3v) is 4.83. The molecule has 0 aliphatic carbocycles. The van der Waals surface area contributed by atoms with Crippen molar-refractivity contribution in [1.82, 2.24) is 10.2 Å². The fraction of sp³-hybridized carbons (Fsp3) is 0.333. The van der Waals surface area contributed by atoms with E-state index in [2.05, 4.69) is 80.7 Å². The molecule has 21 heavy (non-hydrogen) atoms. The predicted molar refractivity (Wildman–Crippen MR) is 91.1 cm³/mol. The zero-order chi connectivity index (χ0) is 14.5. The first-order valence-electron chi connectivity index (χ1n) is 7.54. The van der Waals surface area contributed by atoms with Crippen LogP contribution in [-0.4, -0.2) is 24.0 Å². The number of nitrogens with zero attached hydrogens (tertiary/aromatic N) is 1. The zero-order valence-electron chi connectivity index (χ0n) is 12.1. The van der Waals surface area contributed by atoms with Gasteiger partial charge >= 0.3 is 0 Å². The summed E-state index contributed by atoms with van der Waals surface area (Å²) in [5, 5.41) is 3.68. The van der Waals surface area contributed by atoms with Gasteiger partial charge in [0.15, 0.2) is 0 Å². The minimum absolute atomic E-state index is 0.598. The maximum Gasteiger partial charge on any atom is 0.0234 e. The molecule has 1 atom stereocenters. The normalized spacial score (nSPS) is 19.0. The minimum atomic E-state index is 0.598. The molecule has 2 aromatic carbocycles. The third kappa shape index (κ3) is 4.16. The first-order valence-corrected chi connectivity index (χ1v) is 8.33. The molecule has 0 spiro atoms. The molecule has 0 radical (unpaired) electrons. The van der Waals surface area contributed by atoms with E-state index in [1.165, 1.54) is 28.6 Å². The second-order valence-electron chi connectivity index (χ2n) is 5.68. The van der Waals surface area contributed by atoms with Crippen molar-refractivity contribution in [1.29, 1.82) is 0 Å². The maximum absolute atomic E-state index is 3.68. The fourth-order valence-corrected chi connectivity index (χ4v) is 3.31. The fourth-order valence-electron chi connectivity index (χ4n) is 2.88. The van der Waals surface area contributed by atoms with Crippen molar-refractivity contribution < 1.29 is 0 Å². The van der Waals surface area contributed by atoms with Crippen LogP contribution in [0.4, 0.5) is 0 Å². The van der Waals surface area contributed by atoms with Gasteiger partial charge in [0, 0.05) is 36.7 Å². The van der Waals surface area contributed by atoms with Gasteiger partial charge in [-0.2, -0.15) is 0 Å².